The number of hydrogen-bond donors (Lipinski definition) is 3. The number of aromatic nitrogens is 1. The van der Waals surface area contributed by atoms with E-state index in [9.17, 15) is 13.6 Å². The number of halogens is 2. The molecule has 3 N–H and O–H groups in total. The minimum atomic E-state index is -0.574. The molecule has 0 spiro atoms. The molecule has 1 saturated heterocycles. The monoisotopic (exact) mass is 357 g/mol. The number of rotatable bonds is 2. The summed E-state index contributed by atoms with van der Waals surface area (Å²) in [5, 5.41) is 5.95. The van der Waals surface area contributed by atoms with Crippen molar-refractivity contribution in [2.24, 2.45) is 0 Å². The average molecular weight is 357 g/mol. The first-order chi connectivity index (χ1) is 12.6. The van der Waals surface area contributed by atoms with Gasteiger partial charge in [-0.2, -0.15) is 0 Å². The van der Waals surface area contributed by atoms with Crippen LogP contribution in [0.5, 0.6) is 0 Å². The van der Waals surface area contributed by atoms with Crippen LogP contribution in [0.2, 0.25) is 0 Å². The molecule has 4 rings (SSSR count). The molecule has 6 heteroatoms. The van der Waals surface area contributed by atoms with Gasteiger partial charge in [0.15, 0.2) is 5.82 Å². The highest BCUT2D eigenvalue weighted by molar-refractivity contribution is 5.99. The summed E-state index contributed by atoms with van der Waals surface area (Å²) >= 11 is 0. The summed E-state index contributed by atoms with van der Waals surface area (Å²) in [5.74, 6) is -1.39. The third-order valence-corrected chi connectivity index (χ3v) is 4.32. The van der Waals surface area contributed by atoms with Crippen LogP contribution in [0.15, 0.2) is 42.5 Å². The van der Waals surface area contributed by atoms with Crippen LogP contribution in [0.3, 0.4) is 0 Å². The molecule has 136 valence electrons. The maximum absolute atomic E-state index is 14.1. The average Bonchev–Trinajstić information content (AvgIpc) is 3.34. The maximum atomic E-state index is 14.1. The van der Waals surface area contributed by atoms with Crippen molar-refractivity contribution in [3.63, 3.8) is 0 Å². The molecule has 0 atom stereocenters. The Labute approximate surface area is 150 Å². The second-order valence-corrected chi connectivity index (χ2v) is 6.12. The highest BCUT2D eigenvalue weighted by Gasteiger charge is 2.17. The number of benzene rings is 2. The summed E-state index contributed by atoms with van der Waals surface area (Å²) in [6.45, 7) is 2.50. The Morgan fingerprint density at radius 3 is 2.23 bits per heavy atom. The molecular weight excluding hydrogens is 336 g/mol. The lowest BCUT2D eigenvalue weighted by molar-refractivity contribution is 0.0955. The Kier molecular flexibility index (Phi) is 5.63. The Balaban J connectivity index is 0.000000339. The first-order valence-corrected chi connectivity index (χ1v) is 8.60. The van der Waals surface area contributed by atoms with Crippen LogP contribution in [-0.4, -0.2) is 31.0 Å². The first-order valence-electron chi connectivity index (χ1n) is 8.60. The highest BCUT2D eigenvalue weighted by atomic mass is 19.1. The zero-order valence-electron chi connectivity index (χ0n) is 14.5. The summed E-state index contributed by atoms with van der Waals surface area (Å²) in [6, 6.07) is 11.1. The zero-order valence-corrected chi connectivity index (χ0v) is 14.5. The summed E-state index contributed by atoms with van der Waals surface area (Å²) in [4.78, 5) is 14.3. The highest BCUT2D eigenvalue weighted by Crippen LogP contribution is 2.27. The predicted molar refractivity (Wildman–Crippen MR) is 99.1 cm³/mol. The van der Waals surface area contributed by atoms with Gasteiger partial charge in [0.1, 0.15) is 11.5 Å². The van der Waals surface area contributed by atoms with Crippen LogP contribution in [0, 0.1) is 11.6 Å². The van der Waals surface area contributed by atoms with E-state index in [1.807, 2.05) is 0 Å². The topological polar surface area (TPSA) is 56.9 Å². The Hall–Kier alpha value is -2.73. The van der Waals surface area contributed by atoms with Gasteiger partial charge < -0.3 is 15.6 Å². The van der Waals surface area contributed by atoms with E-state index >= 15 is 0 Å². The molecule has 4 nitrogen and oxygen atoms in total. The van der Waals surface area contributed by atoms with E-state index in [-0.39, 0.29) is 11.5 Å². The Morgan fingerprint density at radius 2 is 1.65 bits per heavy atom. The fourth-order valence-electron chi connectivity index (χ4n) is 2.89. The van der Waals surface area contributed by atoms with Crippen molar-refractivity contribution < 1.29 is 13.6 Å². The molecule has 1 fully saturated rings. The standard InChI is InChI=1S/C16H12F2N2O.C4H9N/c1-19-16(21)15-14(18)12-7-4-10(8-13(12)20-15)9-2-5-11(17)6-3-9;1-2-4-5-3-1/h2-8,20H,1H3,(H,19,21);5H,1-4H2. The second-order valence-electron chi connectivity index (χ2n) is 6.12. The lowest BCUT2D eigenvalue weighted by Gasteiger charge is -2.01. The minimum Gasteiger partial charge on any atom is -0.354 e. The van der Waals surface area contributed by atoms with Crippen LogP contribution >= 0.6 is 0 Å². The lowest BCUT2D eigenvalue weighted by Crippen LogP contribution is -2.19. The first kappa shape index (κ1) is 18.1. The lowest BCUT2D eigenvalue weighted by atomic mass is 10.0. The van der Waals surface area contributed by atoms with E-state index in [0.717, 1.165) is 11.1 Å². The molecule has 1 aromatic heterocycles. The summed E-state index contributed by atoms with van der Waals surface area (Å²) < 4.78 is 27.1. The molecule has 1 aliphatic heterocycles. The normalized spacial score (nSPS) is 13.3. The van der Waals surface area contributed by atoms with Gasteiger partial charge >= 0.3 is 0 Å². The van der Waals surface area contributed by atoms with Crippen LogP contribution in [0.1, 0.15) is 23.3 Å². The van der Waals surface area contributed by atoms with Gasteiger partial charge in [-0.25, -0.2) is 8.78 Å². The Morgan fingerprint density at radius 1 is 1.00 bits per heavy atom. The second kappa shape index (κ2) is 8.10. The molecular formula is C20H21F2N3O. The van der Waals surface area contributed by atoms with Gasteiger partial charge in [-0.3, -0.25) is 4.79 Å². The van der Waals surface area contributed by atoms with Gasteiger partial charge in [-0.1, -0.05) is 18.2 Å². The number of amides is 1. The molecule has 0 saturated carbocycles. The third kappa shape index (κ3) is 3.91. The summed E-state index contributed by atoms with van der Waals surface area (Å²) in [7, 11) is 1.44. The molecule has 0 aliphatic carbocycles. The van der Waals surface area contributed by atoms with Crippen molar-refractivity contribution in [1.29, 1.82) is 0 Å². The van der Waals surface area contributed by atoms with Crippen molar-refractivity contribution in [3.05, 3.63) is 59.8 Å². The quantitative estimate of drug-likeness (QED) is 0.653. The number of carbonyl (C=O) groups is 1. The van der Waals surface area contributed by atoms with E-state index in [0.29, 0.717) is 10.9 Å². The minimum absolute atomic E-state index is 0.0937. The smallest absolute Gasteiger partial charge is 0.270 e. The number of aromatic amines is 1. The summed E-state index contributed by atoms with van der Waals surface area (Å²) in [5.41, 5.74) is 2.05. The van der Waals surface area contributed by atoms with E-state index in [2.05, 4.69) is 15.6 Å². The molecule has 26 heavy (non-hydrogen) atoms. The van der Waals surface area contributed by atoms with E-state index in [1.165, 1.54) is 45.1 Å². The van der Waals surface area contributed by atoms with Crippen molar-refractivity contribution in [2.45, 2.75) is 12.8 Å². The fourth-order valence-corrected chi connectivity index (χ4v) is 2.89. The number of carbonyl (C=O) groups excluding carboxylic acids is 1. The maximum Gasteiger partial charge on any atom is 0.270 e. The molecule has 3 aromatic rings. The van der Waals surface area contributed by atoms with Crippen LogP contribution in [-0.2, 0) is 0 Å². The zero-order chi connectivity index (χ0) is 18.5. The number of nitrogens with one attached hydrogen (secondary N) is 3. The summed E-state index contributed by atoms with van der Waals surface area (Å²) in [6.07, 6.45) is 2.78. The molecule has 1 amide bonds. The number of H-pyrrole nitrogens is 1. The van der Waals surface area contributed by atoms with Gasteiger partial charge in [0.05, 0.1) is 0 Å². The molecule has 0 unspecified atom stereocenters. The van der Waals surface area contributed by atoms with Gasteiger partial charge in [0.25, 0.3) is 5.91 Å². The number of hydrogen-bond acceptors (Lipinski definition) is 2. The molecule has 0 bridgehead atoms. The van der Waals surface area contributed by atoms with Crippen molar-refractivity contribution in [2.75, 3.05) is 20.1 Å². The molecule has 2 aromatic carbocycles. The predicted octanol–water partition coefficient (Wildman–Crippen LogP) is 3.84. The van der Waals surface area contributed by atoms with Gasteiger partial charge in [-0.05, 0) is 61.3 Å². The Bertz CT molecular complexity index is 892. The van der Waals surface area contributed by atoms with Gasteiger partial charge in [-0.15, -0.1) is 0 Å². The molecule has 2 heterocycles. The van der Waals surface area contributed by atoms with E-state index in [1.54, 1.807) is 30.3 Å². The SMILES string of the molecule is C1CCNC1.CNC(=O)c1[nH]c2cc(-c3ccc(F)cc3)ccc2c1F. The van der Waals surface area contributed by atoms with Crippen LogP contribution in [0.25, 0.3) is 22.0 Å². The van der Waals surface area contributed by atoms with Crippen molar-refractivity contribution >= 4 is 16.8 Å². The van der Waals surface area contributed by atoms with Gasteiger partial charge in [0.2, 0.25) is 0 Å². The molecule has 0 radical (unpaired) electrons. The third-order valence-electron chi connectivity index (χ3n) is 4.32. The van der Waals surface area contributed by atoms with Crippen molar-refractivity contribution in [1.82, 2.24) is 15.6 Å². The van der Waals surface area contributed by atoms with Gasteiger partial charge in [0, 0.05) is 18.0 Å². The number of fused-ring (bicyclic) bond motifs is 1. The van der Waals surface area contributed by atoms with Crippen LogP contribution in [0.4, 0.5) is 8.78 Å². The van der Waals surface area contributed by atoms with Crippen LogP contribution < -0.4 is 10.6 Å². The molecule has 1 aliphatic rings. The largest absolute Gasteiger partial charge is 0.354 e. The fraction of sp³-hybridized carbons (Fsp3) is 0.250. The van der Waals surface area contributed by atoms with E-state index in [4.69, 9.17) is 0 Å². The van der Waals surface area contributed by atoms with Crippen molar-refractivity contribution in [3.8, 4) is 11.1 Å². The van der Waals surface area contributed by atoms with E-state index < -0.39 is 11.7 Å².